The number of hydrogen-bond acceptors (Lipinski definition) is 8. The van der Waals surface area contributed by atoms with Crippen LogP contribution in [0.2, 0.25) is 0 Å². The number of aliphatic hydroxyl groups is 1. The van der Waals surface area contributed by atoms with Crippen LogP contribution in [0.15, 0.2) is 53.7 Å². The Kier molecular flexibility index (Phi) is 10.4. The monoisotopic (exact) mass is 483 g/mol. The number of carbonyl (C=O) groups excluding carboxylic acids is 1. The van der Waals surface area contributed by atoms with Crippen molar-refractivity contribution in [1.29, 1.82) is 0 Å². The van der Waals surface area contributed by atoms with Crippen LogP contribution < -0.4 is 4.74 Å². The van der Waals surface area contributed by atoms with Crippen molar-refractivity contribution < 1.29 is 37.3 Å². The van der Waals surface area contributed by atoms with E-state index in [-0.39, 0.29) is 55.4 Å². The number of rotatable bonds is 13. The average molecular weight is 484 g/mol. The molecule has 10 heteroatoms. The van der Waals surface area contributed by atoms with E-state index in [1.165, 1.54) is 25.3 Å². The minimum Gasteiger partial charge on any atom is -0.497 e. The van der Waals surface area contributed by atoms with E-state index in [1.54, 1.807) is 18.2 Å². The Labute approximate surface area is 195 Å². The fraction of sp³-hybridized carbons (Fsp3) is 0.522. The van der Waals surface area contributed by atoms with Crippen LogP contribution in [-0.2, 0) is 29.0 Å². The highest BCUT2D eigenvalue weighted by Crippen LogP contribution is 2.29. The smallest absolute Gasteiger partial charge is 0.373 e. The van der Waals surface area contributed by atoms with Crippen molar-refractivity contribution in [2.24, 2.45) is 11.8 Å². The predicted octanol–water partition coefficient (Wildman–Crippen LogP) is 2.33. The summed E-state index contributed by atoms with van der Waals surface area (Å²) in [5, 5.41) is 9.38. The van der Waals surface area contributed by atoms with Crippen molar-refractivity contribution in [3.8, 4) is 5.75 Å². The second-order valence-electron chi connectivity index (χ2n) is 7.78. The molecule has 2 rings (SSSR count). The zero-order chi connectivity index (χ0) is 24.4. The quantitative estimate of drug-likeness (QED) is 0.336. The number of benzene rings is 1. The molecule has 2 atom stereocenters. The summed E-state index contributed by atoms with van der Waals surface area (Å²) in [5.74, 6) is 0.286. The maximum Gasteiger partial charge on any atom is 0.373 e. The Hall–Kier alpha value is -2.40. The van der Waals surface area contributed by atoms with Gasteiger partial charge >= 0.3 is 5.97 Å². The van der Waals surface area contributed by atoms with Gasteiger partial charge in [0, 0.05) is 19.5 Å². The molecule has 1 aliphatic heterocycles. The SMILES string of the molecule is C=CCOC(=O)C1=C[C@H](C(C)C)C[C@H](OCCN(CCO)S(=O)(=O)c2ccc(OC)cc2)O1. The highest BCUT2D eigenvalue weighted by molar-refractivity contribution is 7.89. The van der Waals surface area contributed by atoms with Crippen molar-refractivity contribution in [1.82, 2.24) is 4.31 Å². The first kappa shape index (κ1) is 26.8. The molecule has 1 N–H and O–H groups in total. The number of ether oxygens (including phenoxy) is 4. The number of carbonyl (C=O) groups is 1. The Morgan fingerprint density at radius 1 is 1.30 bits per heavy atom. The third kappa shape index (κ3) is 7.56. The standard InChI is InChI=1S/C23H33NO8S/c1-5-13-31-23(26)21-15-18(17(2)3)16-22(32-21)30-14-11-24(10-12-25)33(27,28)20-8-6-19(29-4)7-9-20/h5-9,15,17-18,22,25H,1,10-14,16H2,2-4H3/t18-,22+/m0/s1. The van der Waals surface area contributed by atoms with Gasteiger partial charge in [-0.25, -0.2) is 13.2 Å². The third-order valence-corrected chi connectivity index (χ3v) is 7.08. The largest absolute Gasteiger partial charge is 0.497 e. The molecule has 0 spiro atoms. The van der Waals surface area contributed by atoms with E-state index < -0.39 is 22.3 Å². The molecule has 33 heavy (non-hydrogen) atoms. The van der Waals surface area contributed by atoms with Gasteiger partial charge in [0.2, 0.25) is 22.1 Å². The highest BCUT2D eigenvalue weighted by Gasteiger charge is 2.31. The van der Waals surface area contributed by atoms with Crippen LogP contribution in [-0.4, -0.2) is 70.1 Å². The lowest BCUT2D eigenvalue weighted by atomic mass is 9.90. The van der Waals surface area contributed by atoms with Crippen molar-refractivity contribution in [3.05, 3.63) is 48.8 Å². The molecule has 0 radical (unpaired) electrons. The lowest BCUT2D eigenvalue weighted by molar-refractivity contribution is -0.163. The maximum atomic E-state index is 13.0. The van der Waals surface area contributed by atoms with Gasteiger partial charge in [-0.05, 0) is 42.2 Å². The van der Waals surface area contributed by atoms with Gasteiger partial charge in [0.1, 0.15) is 12.4 Å². The van der Waals surface area contributed by atoms with Gasteiger partial charge in [0.25, 0.3) is 0 Å². The van der Waals surface area contributed by atoms with E-state index in [2.05, 4.69) is 6.58 Å². The number of allylic oxidation sites excluding steroid dienone is 1. The predicted molar refractivity (Wildman–Crippen MR) is 122 cm³/mol. The summed E-state index contributed by atoms with van der Waals surface area (Å²) in [6, 6.07) is 6.01. The number of aliphatic hydroxyl groups excluding tert-OH is 1. The molecular formula is C23H33NO8S. The van der Waals surface area contributed by atoms with E-state index >= 15 is 0 Å². The van der Waals surface area contributed by atoms with Gasteiger partial charge in [-0.1, -0.05) is 26.5 Å². The fourth-order valence-electron chi connectivity index (χ4n) is 3.25. The minimum absolute atomic E-state index is 0.00108. The van der Waals surface area contributed by atoms with Crippen molar-refractivity contribution >= 4 is 16.0 Å². The molecule has 1 aliphatic rings. The van der Waals surface area contributed by atoms with E-state index in [1.807, 2.05) is 13.8 Å². The molecule has 0 fully saturated rings. The molecule has 0 amide bonds. The first-order valence-electron chi connectivity index (χ1n) is 10.8. The lowest BCUT2D eigenvalue weighted by Gasteiger charge is -2.31. The first-order valence-corrected chi connectivity index (χ1v) is 12.2. The summed E-state index contributed by atoms with van der Waals surface area (Å²) < 4.78 is 48.7. The average Bonchev–Trinajstić information content (AvgIpc) is 2.81. The Balaban J connectivity index is 2.04. The van der Waals surface area contributed by atoms with Gasteiger partial charge in [0.15, 0.2) is 0 Å². The van der Waals surface area contributed by atoms with Gasteiger partial charge in [0.05, 0.1) is 25.2 Å². The van der Waals surface area contributed by atoms with E-state index in [4.69, 9.17) is 18.9 Å². The summed E-state index contributed by atoms with van der Waals surface area (Å²) in [7, 11) is -2.35. The van der Waals surface area contributed by atoms with Crippen LogP contribution in [0.3, 0.4) is 0 Å². The van der Waals surface area contributed by atoms with Crippen LogP contribution in [0.5, 0.6) is 5.75 Å². The molecule has 184 valence electrons. The molecule has 0 unspecified atom stereocenters. The van der Waals surface area contributed by atoms with Crippen molar-refractivity contribution in [2.75, 3.05) is 40.0 Å². The molecule has 0 saturated carbocycles. The van der Waals surface area contributed by atoms with Gasteiger partial charge in [-0.3, -0.25) is 0 Å². The van der Waals surface area contributed by atoms with Crippen LogP contribution in [0, 0.1) is 11.8 Å². The molecule has 9 nitrogen and oxygen atoms in total. The normalized spacial score (nSPS) is 18.5. The summed E-state index contributed by atoms with van der Waals surface area (Å²) in [6.07, 6.45) is 2.99. The third-order valence-electron chi connectivity index (χ3n) is 5.17. The van der Waals surface area contributed by atoms with Crippen LogP contribution >= 0.6 is 0 Å². The molecule has 0 saturated heterocycles. The number of sulfonamides is 1. The van der Waals surface area contributed by atoms with E-state index in [0.717, 1.165) is 4.31 Å². The number of esters is 1. The summed E-state index contributed by atoms with van der Waals surface area (Å²) in [4.78, 5) is 12.3. The van der Waals surface area contributed by atoms with Crippen molar-refractivity contribution in [2.45, 2.75) is 31.5 Å². The Morgan fingerprint density at radius 3 is 2.58 bits per heavy atom. The lowest BCUT2D eigenvalue weighted by Crippen LogP contribution is -2.38. The summed E-state index contributed by atoms with van der Waals surface area (Å²) >= 11 is 0. The number of nitrogens with zero attached hydrogens (tertiary/aromatic N) is 1. The van der Waals surface area contributed by atoms with Crippen molar-refractivity contribution in [3.63, 3.8) is 0 Å². The molecule has 0 aliphatic carbocycles. The van der Waals surface area contributed by atoms with E-state index in [0.29, 0.717) is 12.2 Å². The van der Waals surface area contributed by atoms with Crippen LogP contribution in [0.25, 0.3) is 0 Å². The molecular weight excluding hydrogens is 450 g/mol. The maximum absolute atomic E-state index is 13.0. The number of methoxy groups -OCH3 is 1. The summed E-state index contributed by atoms with van der Waals surface area (Å²) in [6.45, 7) is 7.23. The fourth-order valence-corrected chi connectivity index (χ4v) is 4.66. The first-order chi connectivity index (χ1) is 15.7. The van der Waals surface area contributed by atoms with Crippen LogP contribution in [0.1, 0.15) is 20.3 Å². The molecule has 1 aromatic rings. The summed E-state index contributed by atoms with van der Waals surface area (Å²) in [5.41, 5.74) is 0. The second-order valence-corrected chi connectivity index (χ2v) is 9.72. The van der Waals surface area contributed by atoms with Gasteiger partial charge in [-0.15, -0.1) is 0 Å². The Bertz CT molecular complexity index is 911. The zero-order valence-corrected chi connectivity index (χ0v) is 20.1. The molecule has 0 bridgehead atoms. The number of hydrogen-bond donors (Lipinski definition) is 1. The highest BCUT2D eigenvalue weighted by atomic mass is 32.2. The minimum atomic E-state index is -3.85. The molecule has 1 heterocycles. The topological polar surface area (TPSA) is 112 Å². The van der Waals surface area contributed by atoms with Crippen LogP contribution in [0.4, 0.5) is 0 Å². The Morgan fingerprint density at radius 2 is 2.00 bits per heavy atom. The van der Waals surface area contributed by atoms with Gasteiger partial charge in [-0.2, -0.15) is 4.31 Å². The molecule has 1 aromatic carbocycles. The second kappa shape index (κ2) is 12.7. The zero-order valence-electron chi connectivity index (χ0n) is 19.3. The van der Waals surface area contributed by atoms with Gasteiger partial charge < -0.3 is 24.1 Å². The van der Waals surface area contributed by atoms with E-state index in [9.17, 15) is 18.3 Å². The molecule has 0 aromatic heterocycles.